The van der Waals surface area contributed by atoms with Crippen molar-refractivity contribution in [1.29, 1.82) is 0 Å². The van der Waals surface area contributed by atoms with Crippen LogP contribution in [0, 0.1) is 0 Å². The second-order valence-electron chi connectivity index (χ2n) is 4.86. The van der Waals surface area contributed by atoms with Crippen molar-refractivity contribution in [3.8, 4) is 11.5 Å². The lowest BCUT2D eigenvalue weighted by molar-refractivity contribution is -0.117. The number of carbonyl (C=O) groups is 2. The molecule has 0 aliphatic heterocycles. The number of amides is 2. The molecule has 25 heavy (non-hydrogen) atoms. The van der Waals surface area contributed by atoms with Crippen molar-refractivity contribution in [3.63, 3.8) is 0 Å². The lowest BCUT2D eigenvalue weighted by atomic mass is 10.2. The number of rotatable bonds is 5. The predicted octanol–water partition coefficient (Wildman–Crippen LogP) is 2.83. The lowest BCUT2D eigenvalue weighted by Gasteiger charge is -2.09. The average Bonchev–Trinajstić information content (AvgIpc) is 2.64. The molecule has 0 fully saturated rings. The summed E-state index contributed by atoms with van der Waals surface area (Å²) in [6.45, 7) is 0. The molecule has 6 nitrogen and oxygen atoms in total. The summed E-state index contributed by atoms with van der Waals surface area (Å²) in [5.41, 5.74) is 5.55. The Morgan fingerprint density at radius 1 is 1.00 bits per heavy atom. The quantitative estimate of drug-likeness (QED) is 0.635. The van der Waals surface area contributed by atoms with Gasteiger partial charge in [0, 0.05) is 16.7 Å². The van der Waals surface area contributed by atoms with Crippen molar-refractivity contribution in [2.75, 3.05) is 14.2 Å². The lowest BCUT2D eigenvalue weighted by Crippen LogP contribution is -2.40. The van der Waals surface area contributed by atoms with E-state index in [0.717, 1.165) is 5.56 Å². The summed E-state index contributed by atoms with van der Waals surface area (Å²) < 4.78 is 10.3. The summed E-state index contributed by atoms with van der Waals surface area (Å²) >= 11 is 5.88. The third-order valence-electron chi connectivity index (χ3n) is 3.26. The number of hydrogen-bond acceptors (Lipinski definition) is 4. The van der Waals surface area contributed by atoms with E-state index < -0.39 is 11.8 Å². The fourth-order valence-electron chi connectivity index (χ4n) is 2.05. The minimum Gasteiger partial charge on any atom is -0.496 e. The molecule has 0 spiro atoms. The van der Waals surface area contributed by atoms with Crippen molar-refractivity contribution in [3.05, 3.63) is 64.7 Å². The number of hydrogen-bond donors (Lipinski definition) is 2. The number of hydrazine groups is 1. The van der Waals surface area contributed by atoms with Crippen molar-refractivity contribution in [1.82, 2.24) is 10.9 Å². The molecule has 0 aliphatic rings. The molecule has 0 atom stereocenters. The Hall–Kier alpha value is -2.99. The first-order valence-electron chi connectivity index (χ1n) is 7.30. The minimum atomic E-state index is -0.543. The van der Waals surface area contributed by atoms with Crippen LogP contribution in [-0.4, -0.2) is 26.0 Å². The van der Waals surface area contributed by atoms with E-state index in [1.54, 1.807) is 37.5 Å². The smallest absolute Gasteiger partial charge is 0.273 e. The second kappa shape index (κ2) is 8.75. The maximum Gasteiger partial charge on any atom is 0.273 e. The Morgan fingerprint density at radius 2 is 1.72 bits per heavy atom. The van der Waals surface area contributed by atoms with Crippen LogP contribution in [0.1, 0.15) is 15.9 Å². The topological polar surface area (TPSA) is 76.7 Å². The molecule has 2 N–H and O–H groups in total. The van der Waals surface area contributed by atoms with E-state index >= 15 is 0 Å². The average molecular weight is 361 g/mol. The van der Waals surface area contributed by atoms with E-state index in [2.05, 4.69) is 10.9 Å². The maximum absolute atomic E-state index is 12.1. The number of methoxy groups -OCH3 is 2. The maximum atomic E-state index is 12.1. The van der Waals surface area contributed by atoms with Crippen LogP contribution in [-0.2, 0) is 4.79 Å². The zero-order valence-electron chi connectivity index (χ0n) is 13.7. The van der Waals surface area contributed by atoms with Gasteiger partial charge in [0.05, 0.1) is 19.8 Å². The molecule has 0 saturated heterocycles. The van der Waals surface area contributed by atoms with Gasteiger partial charge in [-0.2, -0.15) is 0 Å². The highest BCUT2D eigenvalue weighted by molar-refractivity contribution is 6.31. The molecule has 130 valence electrons. The van der Waals surface area contributed by atoms with Gasteiger partial charge in [0.25, 0.3) is 11.8 Å². The normalized spacial score (nSPS) is 10.4. The highest BCUT2D eigenvalue weighted by Crippen LogP contribution is 2.22. The third kappa shape index (κ3) is 4.99. The van der Waals surface area contributed by atoms with Crippen LogP contribution < -0.4 is 20.3 Å². The summed E-state index contributed by atoms with van der Waals surface area (Å²) in [5.74, 6) is -0.0568. The van der Waals surface area contributed by atoms with Gasteiger partial charge in [-0.1, -0.05) is 29.8 Å². The largest absolute Gasteiger partial charge is 0.496 e. The van der Waals surface area contributed by atoms with Gasteiger partial charge in [-0.05, 0) is 30.3 Å². The zero-order chi connectivity index (χ0) is 18.2. The molecular formula is C18H17ClN2O4. The van der Waals surface area contributed by atoms with Crippen LogP contribution in [0.4, 0.5) is 0 Å². The highest BCUT2D eigenvalue weighted by Gasteiger charge is 2.13. The highest BCUT2D eigenvalue weighted by atomic mass is 35.5. The van der Waals surface area contributed by atoms with Crippen molar-refractivity contribution < 1.29 is 19.1 Å². The van der Waals surface area contributed by atoms with Crippen LogP contribution in [0.25, 0.3) is 6.08 Å². The Balaban J connectivity index is 1.99. The summed E-state index contributed by atoms with van der Waals surface area (Å²) in [7, 11) is 2.99. The van der Waals surface area contributed by atoms with Crippen LogP contribution in [0.3, 0.4) is 0 Å². The Bertz CT molecular complexity index is 805. The van der Waals surface area contributed by atoms with Crippen LogP contribution in [0.15, 0.2) is 48.5 Å². The molecular weight excluding hydrogens is 344 g/mol. The molecule has 7 heteroatoms. The first kappa shape index (κ1) is 18.4. The van der Waals surface area contributed by atoms with Crippen molar-refractivity contribution in [2.45, 2.75) is 0 Å². The molecule has 0 aromatic heterocycles. The Morgan fingerprint density at radius 3 is 2.44 bits per heavy atom. The van der Waals surface area contributed by atoms with E-state index in [-0.39, 0.29) is 5.56 Å². The van der Waals surface area contributed by atoms with Gasteiger partial charge >= 0.3 is 0 Å². The molecule has 2 aromatic carbocycles. The van der Waals surface area contributed by atoms with E-state index in [1.165, 1.54) is 19.3 Å². The molecule has 0 radical (unpaired) electrons. The molecule has 0 aliphatic carbocycles. The molecule has 2 aromatic rings. The van der Waals surface area contributed by atoms with Crippen molar-refractivity contribution >= 4 is 29.5 Å². The Kier molecular flexibility index (Phi) is 6.42. The van der Waals surface area contributed by atoms with Gasteiger partial charge in [0.1, 0.15) is 11.5 Å². The number of ether oxygens (including phenoxy) is 2. The molecule has 0 unspecified atom stereocenters. The van der Waals surface area contributed by atoms with E-state index in [4.69, 9.17) is 21.1 Å². The number of nitrogens with one attached hydrogen (secondary N) is 2. The summed E-state index contributed by atoms with van der Waals surface area (Å²) in [5, 5.41) is 0.383. The number of para-hydroxylation sites is 1. The molecule has 0 saturated carbocycles. The van der Waals surface area contributed by atoms with Crippen LogP contribution >= 0.6 is 11.6 Å². The van der Waals surface area contributed by atoms with Crippen LogP contribution in [0.5, 0.6) is 11.5 Å². The van der Waals surface area contributed by atoms with Gasteiger partial charge in [0.2, 0.25) is 0 Å². The summed E-state index contributed by atoms with van der Waals surface area (Å²) in [6, 6.07) is 11.9. The molecule has 2 rings (SSSR count). The van der Waals surface area contributed by atoms with Crippen molar-refractivity contribution in [2.24, 2.45) is 0 Å². The van der Waals surface area contributed by atoms with Crippen LogP contribution in [0.2, 0.25) is 5.02 Å². The number of benzene rings is 2. The van der Waals surface area contributed by atoms with Gasteiger partial charge in [0.15, 0.2) is 0 Å². The Labute approximate surface area is 150 Å². The SMILES string of the molecule is COc1ccccc1/C=C/C(=O)NNC(=O)c1cc(Cl)ccc1OC. The van der Waals surface area contributed by atoms with Gasteiger partial charge in [-0.25, -0.2) is 0 Å². The first-order chi connectivity index (χ1) is 12.0. The third-order valence-corrected chi connectivity index (χ3v) is 3.49. The first-order valence-corrected chi connectivity index (χ1v) is 7.68. The van der Waals surface area contributed by atoms with E-state index in [0.29, 0.717) is 16.5 Å². The number of halogens is 1. The number of carbonyl (C=O) groups excluding carboxylic acids is 2. The monoisotopic (exact) mass is 360 g/mol. The predicted molar refractivity (Wildman–Crippen MR) is 95.6 cm³/mol. The zero-order valence-corrected chi connectivity index (χ0v) is 14.5. The fourth-order valence-corrected chi connectivity index (χ4v) is 2.23. The summed E-state index contributed by atoms with van der Waals surface area (Å²) in [6.07, 6.45) is 2.87. The van der Waals surface area contributed by atoms with Gasteiger partial charge in [-0.3, -0.25) is 20.4 Å². The van der Waals surface area contributed by atoms with E-state index in [1.807, 2.05) is 12.1 Å². The standard InChI is InChI=1S/C18H17ClN2O4/c1-24-15-6-4-3-5-12(15)7-10-17(22)20-21-18(23)14-11-13(19)8-9-16(14)25-2/h3-11H,1-2H3,(H,20,22)(H,21,23)/b10-7+. The second-order valence-corrected chi connectivity index (χ2v) is 5.30. The van der Waals surface area contributed by atoms with Gasteiger partial charge < -0.3 is 9.47 Å². The van der Waals surface area contributed by atoms with E-state index in [9.17, 15) is 9.59 Å². The fraction of sp³-hybridized carbons (Fsp3) is 0.111. The molecule has 0 heterocycles. The summed E-state index contributed by atoms with van der Waals surface area (Å²) in [4.78, 5) is 24.0. The van der Waals surface area contributed by atoms with Gasteiger partial charge in [-0.15, -0.1) is 0 Å². The molecule has 0 bridgehead atoms. The molecule has 2 amide bonds. The minimum absolute atomic E-state index is 0.212.